The van der Waals surface area contributed by atoms with E-state index in [2.05, 4.69) is 11.8 Å². The molecule has 0 spiro atoms. The summed E-state index contributed by atoms with van der Waals surface area (Å²) >= 11 is 0. The number of carbonyl (C=O) groups is 5. The van der Waals surface area contributed by atoms with Crippen LogP contribution in [0.1, 0.15) is 26.2 Å². The minimum Gasteiger partial charge on any atom is -0.317 e. The summed E-state index contributed by atoms with van der Waals surface area (Å²) in [6.07, 6.45) is 3.51. The predicted octanol–water partition coefficient (Wildman–Crippen LogP) is 1.17. The number of carbonyl (C=O) groups excluding carboxylic acids is 5. The van der Waals surface area contributed by atoms with E-state index in [-0.39, 0.29) is 21.1 Å². The van der Waals surface area contributed by atoms with Crippen LogP contribution in [0.5, 0.6) is 0 Å². The van der Waals surface area contributed by atoms with Crippen molar-refractivity contribution in [2.24, 2.45) is 0 Å². The maximum absolute atomic E-state index is 8.00. The minimum atomic E-state index is 0. The monoisotopic (exact) mass is 431 g/mol. The van der Waals surface area contributed by atoms with E-state index in [1.54, 1.807) is 0 Å². The summed E-state index contributed by atoms with van der Waals surface area (Å²) in [6, 6.07) is 0. The van der Waals surface area contributed by atoms with Crippen molar-refractivity contribution >= 4 is 33.9 Å². The smallest absolute Gasteiger partial charge is 0.214 e. The first-order valence-electron chi connectivity index (χ1n) is 4.19. The second-order valence-electron chi connectivity index (χ2n) is 1.59. The standard InChI is InChI=1S/C6H11N.5CH2O.W/c1-3-4-5-6-7-2;5*1-2;/h3-6H2,1H3;5*1H2;. The third kappa shape index (κ3) is 416. The maximum Gasteiger partial charge on any atom is 0.214 e. The van der Waals surface area contributed by atoms with Gasteiger partial charge in [0.25, 0.3) is 0 Å². The Kier molecular flexibility index (Phi) is 642. The first-order chi connectivity index (χ1) is 8.41. The molecule has 0 amide bonds. The molecule has 0 saturated carbocycles. The van der Waals surface area contributed by atoms with E-state index < -0.39 is 0 Å². The molecular weight excluding hydrogens is 410 g/mol. The van der Waals surface area contributed by atoms with Crippen LogP contribution in [0.3, 0.4) is 0 Å². The Morgan fingerprint density at radius 2 is 1.06 bits per heavy atom. The van der Waals surface area contributed by atoms with Crippen LogP contribution >= 0.6 is 0 Å². The van der Waals surface area contributed by atoms with E-state index in [0.29, 0.717) is 6.54 Å². The van der Waals surface area contributed by atoms with Gasteiger partial charge >= 0.3 is 0 Å². The molecule has 0 rings (SSSR count). The van der Waals surface area contributed by atoms with Crippen LogP contribution in [-0.4, -0.2) is 40.5 Å². The zero-order chi connectivity index (χ0) is 15.5. The van der Waals surface area contributed by atoms with Crippen molar-refractivity contribution in [3.8, 4) is 0 Å². The quantitative estimate of drug-likeness (QED) is 0.495. The molecule has 0 aromatic carbocycles. The van der Waals surface area contributed by atoms with Crippen LogP contribution < -0.4 is 0 Å². The van der Waals surface area contributed by atoms with E-state index in [9.17, 15) is 0 Å². The Hall–Kier alpha value is -1.47. The van der Waals surface area contributed by atoms with E-state index in [4.69, 9.17) is 30.5 Å². The van der Waals surface area contributed by atoms with Crippen LogP contribution in [0.25, 0.3) is 4.85 Å². The van der Waals surface area contributed by atoms with Crippen molar-refractivity contribution in [2.75, 3.05) is 6.54 Å². The summed E-state index contributed by atoms with van der Waals surface area (Å²) in [5.41, 5.74) is 0. The molecule has 0 aliphatic carbocycles. The van der Waals surface area contributed by atoms with Gasteiger partial charge in [-0.25, -0.2) is 6.57 Å². The second-order valence-corrected chi connectivity index (χ2v) is 1.59. The number of nitrogens with zero attached hydrogens (tertiary/aromatic N) is 1. The zero-order valence-corrected chi connectivity index (χ0v) is 13.7. The summed E-state index contributed by atoms with van der Waals surface area (Å²) in [7, 11) is 0. The summed E-state index contributed by atoms with van der Waals surface area (Å²) < 4.78 is 0. The molecular formula is C11H21NO5W. The third-order valence-corrected chi connectivity index (χ3v) is 0.873. The molecule has 0 N–H and O–H groups in total. The van der Waals surface area contributed by atoms with E-state index in [1.807, 2.05) is 33.9 Å². The largest absolute Gasteiger partial charge is 0.317 e. The molecule has 0 heterocycles. The molecule has 0 aromatic heterocycles. The molecule has 0 radical (unpaired) electrons. The molecule has 0 fully saturated rings. The predicted molar refractivity (Wildman–Crippen MR) is 66.6 cm³/mol. The fraction of sp³-hybridized carbons (Fsp3) is 0.455. The summed E-state index contributed by atoms with van der Waals surface area (Å²) in [5, 5.41) is 0. The fourth-order valence-electron chi connectivity index (χ4n) is 0.441. The molecule has 0 unspecified atom stereocenters. The van der Waals surface area contributed by atoms with Crippen LogP contribution in [0.4, 0.5) is 0 Å². The Morgan fingerprint density at radius 3 is 1.22 bits per heavy atom. The Balaban J connectivity index is -0.0000000189. The van der Waals surface area contributed by atoms with Gasteiger partial charge in [-0.2, -0.15) is 0 Å². The zero-order valence-electron chi connectivity index (χ0n) is 10.8. The number of hydrogen-bond donors (Lipinski definition) is 0. The molecule has 0 aliphatic heterocycles. The van der Waals surface area contributed by atoms with E-state index in [0.717, 1.165) is 6.42 Å². The van der Waals surface area contributed by atoms with Crippen molar-refractivity contribution in [2.45, 2.75) is 26.2 Å². The van der Waals surface area contributed by atoms with Gasteiger partial charge in [0.2, 0.25) is 6.54 Å². The van der Waals surface area contributed by atoms with Gasteiger partial charge < -0.3 is 28.8 Å². The van der Waals surface area contributed by atoms with Gasteiger partial charge in [0.1, 0.15) is 33.9 Å². The molecule has 0 aromatic rings. The van der Waals surface area contributed by atoms with Crippen molar-refractivity contribution < 1.29 is 45.0 Å². The maximum atomic E-state index is 8.00. The summed E-state index contributed by atoms with van der Waals surface area (Å²) in [6.45, 7) is 19.3. The average Bonchev–Trinajstić information content (AvgIpc) is 2.50. The van der Waals surface area contributed by atoms with Crippen LogP contribution in [-0.2, 0) is 45.0 Å². The number of unbranched alkanes of at least 4 members (excludes halogenated alkanes) is 2. The SMILES string of the molecule is C=O.C=O.C=O.C=O.C=O.[C-]#[N+]CCCCC.[W]. The topological polar surface area (TPSA) is 89.7 Å². The number of rotatable bonds is 3. The molecule has 106 valence electrons. The van der Waals surface area contributed by atoms with Crippen molar-refractivity contribution in [1.82, 2.24) is 0 Å². The van der Waals surface area contributed by atoms with Gasteiger partial charge in [-0.15, -0.1) is 0 Å². The molecule has 7 heteroatoms. The van der Waals surface area contributed by atoms with Gasteiger partial charge in [-0.3, -0.25) is 0 Å². The van der Waals surface area contributed by atoms with Crippen molar-refractivity contribution in [3.63, 3.8) is 0 Å². The Labute approximate surface area is 123 Å². The average molecular weight is 431 g/mol. The summed E-state index contributed by atoms with van der Waals surface area (Å²) in [4.78, 5) is 43.2. The summed E-state index contributed by atoms with van der Waals surface area (Å²) in [5.74, 6) is 0. The van der Waals surface area contributed by atoms with Gasteiger partial charge in [-0.05, 0) is 6.42 Å². The fourth-order valence-corrected chi connectivity index (χ4v) is 0.441. The van der Waals surface area contributed by atoms with Crippen LogP contribution in [0.15, 0.2) is 0 Å². The Morgan fingerprint density at radius 1 is 0.778 bits per heavy atom. The first kappa shape index (κ1) is 43.9. The van der Waals surface area contributed by atoms with Gasteiger partial charge in [-0.1, -0.05) is 13.3 Å². The normalized spacial score (nSPS) is 4.22. The van der Waals surface area contributed by atoms with Crippen LogP contribution in [0, 0.1) is 6.57 Å². The third-order valence-electron chi connectivity index (χ3n) is 0.873. The van der Waals surface area contributed by atoms with Crippen molar-refractivity contribution in [3.05, 3.63) is 11.4 Å². The van der Waals surface area contributed by atoms with Gasteiger partial charge in [0.15, 0.2) is 0 Å². The second kappa shape index (κ2) is 263. The minimum absolute atomic E-state index is 0. The van der Waals surface area contributed by atoms with Gasteiger partial charge in [0, 0.05) is 27.5 Å². The number of hydrogen-bond acceptors (Lipinski definition) is 5. The Bertz CT molecular complexity index is 121. The molecule has 0 saturated heterocycles. The van der Waals surface area contributed by atoms with E-state index >= 15 is 0 Å². The molecule has 6 nitrogen and oxygen atoms in total. The molecule has 0 aliphatic rings. The molecule has 18 heavy (non-hydrogen) atoms. The molecule has 0 atom stereocenters. The van der Waals surface area contributed by atoms with Crippen LogP contribution in [0.2, 0.25) is 0 Å². The van der Waals surface area contributed by atoms with Crippen molar-refractivity contribution in [1.29, 1.82) is 0 Å². The van der Waals surface area contributed by atoms with E-state index in [1.165, 1.54) is 12.8 Å². The molecule has 0 bridgehead atoms. The first-order valence-corrected chi connectivity index (χ1v) is 4.19. The van der Waals surface area contributed by atoms with Gasteiger partial charge in [0.05, 0.1) is 0 Å².